The molecular weight excluding hydrogens is 282 g/mol. The predicted molar refractivity (Wildman–Crippen MR) is 88.6 cm³/mol. The Bertz CT molecular complexity index is 674. The maximum Gasteiger partial charge on any atom is 0.270 e. The van der Waals surface area contributed by atoms with E-state index in [-0.39, 0.29) is 11.9 Å². The van der Waals surface area contributed by atoms with Crippen LogP contribution in [0.1, 0.15) is 29.8 Å². The van der Waals surface area contributed by atoms with Crippen LogP contribution in [0.25, 0.3) is 10.9 Å². The number of nitrogens with zero attached hydrogens (tertiary/aromatic N) is 1. The minimum absolute atomic E-state index is 0.126. The molecule has 0 bridgehead atoms. The summed E-state index contributed by atoms with van der Waals surface area (Å²) in [5.74, 6) is -0.126. The van der Waals surface area contributed by atoms with Crippen molar-refractivity contribution in [1.29, 1.82) is 0 Å². The van der Waals surface area contributed by atoms with Gasteiger partial charge < -0.3 is 11.1 Å². The van der Waals surface area contributed by atoms with Crippen LogP contribution in [0, 0.1) is 0 Å². The number of benzene rings is 1. The summed E-state index contributed by atoms with van der Waals surface area (Å²) >= 11 is 1.88. The van der Waals surface area contributed by atoms with Gasteiger partial charge in [0.2, 0.25) is 0 Å². The molecule has 1 aromatic heterocycles. The highest BCUT2D eigenvalue weighted by molar-refractivity contribution is 7.99. The van der Waals surface area contributed by atoms with E-state index in [1.165, 1.54) is 6.42 Å². The molecule has 1 amide bonds. The molecule has 5 heteroatoms. The van der Waals surface area contributed by atoms with Crippen LogP contribution in [0.3, 0.4) is 0 Å². The van der Waals surface area contributed by atoms with E-state index in [4.69, 9.17) is 5.73 Å². The molecule has 0 aliphatic heterocycles. The van der Waals surface area contributed by atoms with Crippen LogP contribution < -0.4 is 11.1 Å². The Morgan fingerprint density at radius 2 is 2.19 bits per heavy atom. The smallest absolute Gasteiger partial charge is 0.270 e. The van der Waals surface area contributed by atoms with E-state index < -0.39 is 0 Å². The van der Waals surface area contributed by atoms with Gasteiger partial charge in [0.05, 0.1) is 5.52 Å². The number of carbonyl (C=O) groups excluding carboxylic acids is 1. The molecule has 3 N–H and O–H groups in total. The van der Waals surface area contributed by atoms with E-state index in [2.05, 4.69) is 16.6 Å². The predicted octanol–water partition coefficient (Wildman–Crippen LogP) is 2.83. The number of amides is 1. The highest BCUT2D eigenvalue weighted by atomic mass is 32.2. The Labute approximate surface area is 128 Å². The van der Waals surface area contributed by atoms with Gasteiger partial charge in [-0.05, 0) is 37.7 Å². The Morgan fingerprint density at radius 1 is 1.38 bits per heavy atom. The number of carbonyl (C=O) groups is 1. The minimum Gasteiger partial charge on any atom is -0.398 e. The number of thioether (sulfide) groups is 1. The maximum absolute atomic E-state index is 12.4. The fourth-order valence-electron chi connectivity index (χ4n) is 2.86. The lowest BCUT2D eigenvalue weighted by Crippen LogP contribution is -2.33. The van der Waals surface area contributed by atoms with Crippen molar-refractivity contribution in [3.8, 4) is 0 Å². The first-order chi connectivity index (χ1) is 10.2. The molecule has 1 aromatic carbocycles. The molecule has 1 aliphatic carbocycles. The monoisotopic (exact) mass is 301 g/mol. The SMILES string of the molecule is CSC1CCC(NC(=O)c2cc(N)c3ccccc3n2)C1. The van der Waals surface area contributed by atoms with Gasteiger partial charge in [0, 0.05) is 22.4 Å². The van der Waals surface area contributed by atoms with Crippen LogP contribution >= 0.6 is 11.8 Å². The van der Waals surface area contributed by atoms with Crippen molar-refractivity contribution in [2.75, 3.05) is 12.0 Å². The number of nitrogens with one attached hydrogen (secondary N) is 1. The largest absolute Gasteiger partial charge is 0.398 e. The molecule has 0 radical (unpaired) electrons. The zero-order valence-electron chi connectivity index (χ0n) is 12.0. The lowest BCUT2D eigenvalue weighted by molar-refractivity contribution is 0.0933. The van der Waals surface area contributed by atoms with E-state index in [1.54, 1.807) is 6.07 Å². The number of rotatable bonds is 3. The first-order valence-electron chi connectivity index (χ1n) is 7.16. The molecule has 1 aliphatic rings. The molecular formula is C16H19N3OS. The second-order valence-corrected chi connectivity index (χ2v) is 6.59. The van der Waals surface area contributed by atoms with Crippen LogP contribution in [0.15, 0.2) is 30.3 Å². The molecule has 3 rings (SSSR count). The van der Waals surface area contributed by atoms with Gasteiger partial charge in [0.1, 0.15) is 5.69 Å². The zero-order chi connectivity index (χ0) is 14.8. The molecule has 2 atom stereocenters. The molecule has 1 saturated carbocycles. The van der Waals surface area contributed by atoms with Gasteiger partial charge in [-0.3, -0.25) is 4.79 Å². The van der Waals surface area contributed by atoms with E-state index in [9.17, 15) is 4.79 Å². The number of nitrogen functional groups attached to an aromatic ring is 1. The third-order valence-corrected chi connectivity index (χ3v) is 5.13. The lowest BCUT2D eigenvalue weighted by Gasteiger charge is -2.13. The summed E-state index contributed by atoms with van der Waals surface area (Å²) in [5, 5.41) is 4.62. The zero-order valence-corrected chi connectivity index (χ0v) is 12.8. The van der Waals surface area contributed by atoms with E-state index >= 15 is 0 Å². The van der Waals surface area contributed by atoms with Crippen molar-refractivity contribution in [2.45, 2.75) is 30.6 Å². The van der Waals surface area contributed by atoms with Gasteiger partial charge in [0.25, 0.3) is 5.91 Å². The number of nitrogens with two attached hydrogens (primary N) is 1. The number of anilines is 1. The number of pyridine rings is 1. The third kappa shape index (κ3) is 2.97. The fourth-order valence-corrected chi connectivity index (χ4v) is 3.66. The molecule has 1 heterocycles. The minimum atomic E-state index is -0.126. The van der Waals surface area contributed by atoms with Crippen molar-refractivity contribution in [3.05, 3.63) is 36.0 Å². The van der Waals surface area contributed by atoms with Crippen molar-refractivity contribution in [3.63, 3.8) is 0 Å². The lowest BCUT2D eigenvalue weighted by atomic mass is 10.1. The highest BCUT2D eigenvalue weighted by Crippen LogP contribution is 2.28. The average molecular weight is 301 g/mol. The first-order valence-corrected chi connectivity index (χ1v) is 8.45. The number of hydrogen-bond donors (Lipinski definition) is 2. The Balaban J connectivity index is 1.79. The highest BCUT2D eigenvalue weighted by Gasteiger charge is 2.25. The van der Waals surface area contributed by atoms with Crippen molar-refractivity contribution in [1.82, 2.24) is 10.3 Å². The van der Waals surface area contributed by atoms with E-state index in [1.807, 2.05) is 36.0 Å². The van der Waals surface area contributed by atoms with E-state index in [0.717, 1.165) is 23.7 Å². The summed E-state index contributed by atoms with van der Waals surface area (Å²) < 4.78 is 0. The van der Waals surface area contributed by atoms with Gasteiger partial charge >= 0.3 is 0 Å². The molecule has 0 spiro atoms. The first kappa shape index (κ1) is 14.2. The normalized spacial score (nSPS) is 21.6. The molecule has 2 aromatic rings. The van der Waals surface area contributed by atoms with Gasteiger partial charge in [-0.1, -0.05) is 18.2 Å². The quantitative estimate of drug-likeness (QED) is 0.914. The molecule has 1 fully saturated rings. The molecule has 0 saturated heterocycles. The van der Waals surface area contributed by atoms with Gasteiger partial charge in [-0.25, -0.2) is 4.98 Å². The van der Waals surface area contributed by atoms with Crippen LogP contribution in [-0.2, 0) is 0 Å². The Hall–Kier alpha value is -1.75. The third-order valence-electron chi connectivity index (χ3n) is 4.03. The molecule has 21 heavy (non-hydrogen) atoms. The second-order valence-electron chi connectivity index (χ2n) is 5.46. The molecule has 4 nitrogen and oxygen atoms in total. The summed E-state index contributed by atoms with van der Waals surface area (Å²) in [6, 6.07) is 9.53. The van der Waals surface area contributed by atoms with Crippen LogP contribution in [0.5, 0.6) is 0 Å². The summed E-state index contributed by atoms with van der Waals surface area (Å²) in [4.78, 5) is 16.8. The molecule has 110 valence electrons. The summed E-state index contributed by atoms with van der Waals surface area (Å²) in [6.07, 6.45) is 5.37. The average Bonchev–Trinajstić information content (AvgIpc) is 2.95. The van der Waals surface area contributed by atoms with Crippen molar-refractivity contribution < 1.29 is 4.79 Å². The van der Waals surface area contributed by atoms with Gasteiger partial charge in [-0.2, -0.15) is 11.8 Å². The summed E-state index contributed by atoms with van der Waals surface area (Å²) in [7, 11) is 0. The van der Waals surface area contributed by atoms with Gasteiger partial charge in [-0.15, -0.1) is 0 Å². The van der Waals surface area contributed by atoms with Crippen molar-refractivity contribution >= 4 is 34.3 Å². The molecule has 2 unspecified atom stereocenters. The van der Waals surface area contributed by atoms with Crippen LogP contribution in [-0.4, -0.2) is 28.4 Å². The summed E-state index contributed by atoms with van der Waals surface area (Å²) in [6.45, 7) is 0. The van der Waals surface area contributed by atoms with Crippen LogP contribution in [0.2, 0.25) is 0 Å². The fraction of sp³-hybridized carbons (Fsp3) is 0.375. The number of aromatic nitrogens is 1. The van der Waals surface area contributed by atoms with Crippen molar-refractivity contribution in [2.24, 2.45) is 0 Å². The Morgan fingerprint density at radius 3 is 2.95 bits per heavy atom. The van der Waals surface area contributed by atoms with E-state index in [0.29, 0.717) is 16.6 Å². The summed E-state index contributed by atoms with van der Waals surface area (Å²) in [5.41, 5.74) is 7.78. The number of para-hydroxylation sites is 1. The second kappa shape index (κ2) is 5.93. The van der Waals surface area contributed by atoms with Gasteiger partial charge in [0.15, 0.2) is 0 Å². The maximum atomic E-state index is 12.4. The van der Waals surface area contributed by atoms with Crippen LogP contribution in [0.4, 0.5) is 5.69 Å². The number of hydrogen-bond acceptors (Lipinski definition) is 4. The number of fused-ring (bicyclic) bond motifs is 1. The standard InChI is InChI=1S/C16H19N3OS/c1-21-11-7-6-10(8-11)18-16(20)15-9-13(17)12-4-2-3-5-14(12)19-15/h2-5,9-11H,6-8H2,1H3,(H2,17,19)(H,18,20). The topological polar surface area (TPSA) is 68.0 Å². The Kier molecular flexibility index (Phi) is 4.01.